The molecular formula is C20H32N2O2. The number of anilines is 1. The van der Waals surface area contributed by atoms with E-state index in [0.717, 1.165) is 31.4 Å². The summed E-state index contributed by atoms with van der Waals surface area (Å²) in [6.07, 6.45) is 6.02. The molecule has 4 nitrogen and oxygen atoms in total. The van der Waals surface area contributed by atoms with E-state index in [4.69, 9.17) is 4.74 Å². The number of hydrogen-bond acceptors (Lipinski definition) is 2. The molecule has 4 heteroatoms. The van der Waals surface area contributed by atoms with E-state index in [1.807, 2.05) is 17.0 Å². The van der Waals surface area contributed by atoms with Gasteiger partial charge in [0.1, 0.15) is 5.72 Å². The van der Waals surface area contributed by atoms with E-state index in [-0.39, 0.29) is 12.1 Å². The summed E-state index contributed by atoms with van der Waals surface area (Å²) in [4.78, 5) is 14.8. The first-order valence-electron chi connectivity index (χ1n) is 9.43. The Labute approximate surface area is 146 Å². The number of nitrogens with one attached hydrogen (secondary N) is 1. The molecule has 1 fully saturated rings. The first-order chi connectivity index (χ1) is 11.6. The Morgan fingerprint density at radius 3 is 2.42 bits per heavy atom. The molecule has 1 saturated heterocycles. The van der Waals surface area contributed by atoms with Crippen LogP contribution < -0.4 is 5.32 Å². The minimum absolute atomic E-state index is 0.0515. The van der Waals surface area contributed by atoms with Gasteiger partial charge in [0.2, 0.25) is 0 Å². The highest BCUT2D eigenvalue weighted by Gasteiger charge is 2.47. The molecule has 1 unspecified atom stereocenters. The topological polar surface area (TPSA) is 41.6 Å². The quantitative estimate of drug-likeness (QED) is 0.746. The van der Waals surface area contributed by atoms with Crippen LogP contribution in [0.5, 0.6) is 0 Å². The van der Waals surface area contributed by atoms with Gasteiger partial charge in [-0.15, -0.1) is 0 Å². The van der Waals surface area contributed by atoms with E-state index in [9.17, 15) is 4.79 Å². The van der Waals surface area contributed by atoms with E-state index in [1.54, 1.807) is 0 Å². The van der Waals surface area contributed by atoms with Crippen LogP contribution in [0.15, 0.2) is 24.3 Å². The molecule has 0 aromatic heterocycles. The average Bonchev–Trinajstić information content (AvgIpc) is 3.00. The van der Waals surface area contributed by atoms with Gasteiger partial charge in [-0.25, -0.2) is 4.79 Å². The van der Waals surface area contributed by atoms with Crippen LogP contribution in [0.2, 0.25) is 0 Å². The van der Waals surface area contributed by atoms with E-state index in [2.05, 4.69) is 45.1 Å². The van der Waals surface area contributed by atoms with Crippen molar-refractivity contribution in [2.45, 2.75) is 78.0 Å². The molecule has 1 aromatic rings. The van der Waals surface area contributed by atoms with Gasteiger partial charge in [-0.2, -0.15) is 0 Å². The molecule has 24 heavy (non-hydrogen) atoms. The number of carbonyl (C=O) groups is 1. The lowest BCUT2D eigenvalue weighted by atomic mass is 10.0. The predicted octanol–water partition coefficient (Wildman–Crippen LogP) is 5.19. The Balaban J connectivity index is 2.09. The van der Waals surface area contributed by atoms with Crippen molar-refractivity contribution in [3.05, 3.63) is 29.8 Å². The smallest absolute Gasteiger partial charge is 0.324 e. The molecule has 134 valence electrons. The third kappa shape index (κ3) is 3.92. The molecule has 0 spiro atoms. The highest BCUT2D eigenvalue weighted by atomic mass is 16.5. The second-order valence-electron chi connectivity index (χ2n) is 6.63. The minimum Gasteiger partial charge on any atom is -0.353 e. The van der Waals surface area contributed by atoms with Crippen molar-refractivity contribution in [1.29, 1.82) is 0 Å². The highest BCUT2D eigenvalue weighted by molar-refractivity contribution is 5.90. The SMILES string of the molecule is CCCCc1ccc(NC(=O)N2C(CC)COC2(CC)CC)cc1. The fourth-order valence-corrected chi connectivity index (χ4v) is 3.49. The van der Waals surface area contributed by atoms with Crippen LogP contribution in [-0.4, -0.2) is 29.3 Å². The van der Waals surface area contributed by atoms with Gasteiger partial charge >= 0.3 is 6.03 Å². The van der Waals surface area contributed by atoms with Crippen molar-refractivity contribution in [2.75, 3.05) is 11.9 Å². The van der Waals surface area contributed by atoms with Gasteiger partial charge in [0.25, 0.3) is 0 Å². The van der Waals surface area contributed by atoms with Crippen molar-refractivity contribution < 1.29 is 9.53 Å². The van der Waals surface area contributed by atoms with E-state index < -0.39 is 5.72 Å². The van der Waals surface area contributed by atoms with Crippen LogP contribution in [0.3, 0.4) is 0 Å². The van der Waals surface area contributed by atoms with Crippen molar-refractivity contribution in [3.8, 4) is 0 Å². The lowest BCUT2D eigenvalue weighted by Gasteiger charge is -2.38. The maximum atomic E-state index is 12.9. The standard InChI is InChI=1S/C20H32N2O2/c1-5-9-10-16-11-13-17(14-12-16)21-19(23)22-18(6-2)15-24-20(22,7-3)8-4/h11-14,18H,5-10,15H2,1-4H3,(H,21,23). The molecule has 1 N–H and O–H groups in total. The maximum Gasteiger partial charge on any atom is 0.324 e. The summed E-state index contributed by atoms with van der Waals surface area (Å²) in [7, 11) is 0. The predicted molar refractivity (Wildman–Crippen MR) is 99.3 cm³/mol. The molecule has 0 saturated carbocycles. The number of aryl methyl sites for hydroxylation is 1. The van der Waals surface area contributed by atoms with Gasteiger partial charge in [0, 0.05) is 5.69 Å². The zero-order valence-corrected chi connectivity index (χ0v) is 15.6. The monoisotopic (exact) mass is 332 g/mol. The van der Waals surface area contributed by atoms with Gasteiger partial charge in [-0.3, -0.25) is 4.90 Å². The third-order valence-electron chi connectivity index (χ3n) is 5.17. The minimum atomic E-state index is -0.466. The molecule has 1 atom stereocenters. The van der Waals surface area contributed by atoms with Crippen molar-refractivity contribution >= 4 is 11.7 Å². The Bertz CT molecular complexity index is 523. The number of urea groups is 1. The average molecular weight is 332 g/mol. The second-order valence-corrected chi connectivity index (χ2v) is 6.63. The Kier molecular flexibility index (Phi) is 6.67. The van der Waals surface area contributed by atoms with E-state index >= 15 is 0 Å². The number of amides is 2. The van der Waals surface area contributed by atoms with Gasteiger partial charge in [-0.1, -0.05) is 46.2 Å². The number of ether oxygens (including phenoxy) is 1. The van der Waals surface area contributed by atoms with Crippen LogP contribution in [0.25, 0.3) is 0 Å². The van der Waals surface area contributed by atoms with Crippen LogP contribution in [0, 0.1) is 0 Å². The van der Waals surface area contributed by atoms with Crippen LogP contribution in [-0.2, 0) is 11.2 Å². The lowest BCUT2D eigenvalue weighted by Crippen LogP contribution is -2.52. The number of nitrogens with zero attached hydrogens (tertiary/aromatic N) is 1. The third-order valence-corrected chi connectivity index (χ3v) is 5.17. The summed E-state index contributed by atoms with van der Waals surface area (Å²) < 4.78 is 6.04. The van der Waals surface area contributed by atoms with E-state index in [0.29, 0.717) is 6.61 Å². The number of unbranched alkanes of at least 4 members (excludes halogenated alkanes) is 1. The number of benzene rings is 1. The second kappa shape index (κ2) is 8.52. The molecular weight excluding hydrogens is 300 g/mol. The number of rotatable bonds is 7. The van der Waals surface area contributed by atoms with Gasteiger partial charge < -0.3 is 10.1 Å². The Morgan fingerprint density at radius 1 is 1.21 bits per heavy atom. The summed E-state index contributed by atoms with van der Waals surface area (Å²) in [5, 5.41) is 3.06. The summed E-state index contributed by atoms with van der Waals surface area (Å²) >= 11 is 0. The lowest BCUT2D eigenvalue weighted by molar-refractivity contribution is -0.0684. The first-order valence-corrected chi connectivity index (χ1v) is 9.43. The molecule has 0 aliphatic carbocycles. The van der Waals surface area contributed by atoms with E-state index in [1.165, 1.54) is 18.4 Å². The molecule has 1 heterocycles. The summed E-state index contributed by atoms with van der Waals surface area (Å²) in [6.45, 7) is 9.11. The Morgan fingerprint density at radius 2 is 1.88 bits per heavy atom. The van der Waals surface area contributed by atoms with Crippen LogP contribution in [0.4, 0.5) is 10.5 Å². The summed E-state index contributed by atoms with van der Waals surface area (Å²) in [5.41, 5.74) is 1.71. The number of carbonyl (C=O) groups excluding carboxylic acids is 1. The Hall–Kier alpha value is -1.55. The van der Waals surface area contributed by atoms with Crippen molar-refractivity contribution in [2.24, 2.45) is 0 Å². The van der Waals surface area contributed by atoms with Crippen molar-refractivity contribution in [3.63, 3.8) is 0 Å². The van der Waals surface area contributed by atoms with Gasteiger partial charge in [0.15, 0.2) is 0 Å². The fourth-order valence-electron chi connectivity index (χ4n) is 3.49. The fraction of sp³-hybridized carbons (Fsp3) is 0.650. The normalized spacial score (nSPS) is 19.5. The van der Waals surface area contributed by atoms with Crippen LogP contribution >= 0.6 is 0 Å². The first kappa shape index (κ1) is 18.8. The molecule has 2 rings (SSSR count). The molecule has 2 amide bonds. The summed E-state index contributed by atoms with van der Waals surface area (Å²) in [5.74, 6) is 0. The van der Waals surface area contributed by atoms with Crippen molar-refractivity contribution in [1.82, 2.24) is 4.90 Å². The molecule has 0 bridgehead atoms. The zero-order chi connectivity index (χ0) is 17.6. The summed E-state index contributed by atoms with van der Waals surface area (Å²) in [6, 6.07) is 8.31. The molecule has 1 aliphatic rings. The maximum absolute atomic E-state index is 12.9. The molecule has 0 radical (unpaired) electrons. The highest BCUT2D eigenvalue weighted by Crippen LogP contribution is 2.35. The molecule has 1 aromatic carbocycles. The van der Waals surface area contributed by atoms with Gasteiger partial charge in [0.05, 0.1) is 12.6 Å². The van der Waals surface area contributed by atoms with Crippen LogP contribution in [0.1, 0.15) is 65.4 Å². The largest absolute Gasteiger partial charge is 0.353 e. The molecule has 1 aliphatic heterocycles. The van der Waals surface area contributed by atoms with Gasteiger partial charge in [-0.05, 0) is 49.8 Å². The number of hydrogen-bond donors (Lipinski definition) is 1. The zero-order valence-electron chi connectivity index (χ0n) is 15.6.